The molecule has 0 bridgehead atoms. The van der Waals surface area contributed by atoms with E-state index in [0.29, 0.717) is 15.6 Å². The van der Waals surface area contributed by atoms with Crippen LogP contribution in [0.4, 0.5) is 13.2 Å². The van der Waals surface area contributed by atoms with Gasteiger partial charge >= 0.3 is 6.36 Å². The lowest BCUT2D eigenvalue weighted by Crippen LogP contribution is -2.34. The van der Waals surface area contributed by atoms with Crippen molar-refractivity contribution in [3.05, 3.63) is 58.1 Å². The predicted octanol–water partition coefficient (Wildman–Crippen LogP) is 6.49. The summed E-state index contributed by atoms with van der Waals surface area (Å²) in [6, 6.07) is 8.45. The summed E-state index contributed by atoms with van der Waals surface area (Å²) in [5.41, 5.74) is 0.653. The zero-order chi connectivity index (χ0) is 21.9. The number of hydrogen-bond acceptors (Lipinski definition) is 3. The predicted molar refractivity (Wildman–Crippen MR) is 109 cm³/mol. The van der Waals surface area contributed by atoms with E-state index in [1.54, 1.807) is 18.2 Å². The molecular weight excluding hydrogens is 462 g/mol. The zero-order valence-corrected chi connectivity index (χ0v) is 18.1. The molecule has 1 atom stereocenters. The average Bonchev–Trinajstić information content (AvgIpc) is 2.65. The molecule has 1 aliphatic carbocycles. The van der Waals surface area contributed by atoms with Gasteiger partial charge in [0.1, 0.15) is 5.75 Å². The van der Waals surface area contributed by atoms with Gasteiger partial charge in [0.25, 0.3) is 0 Å². The van der Waals surface area contributed by atoms with Crippen LogP contribution in [-0.4, -0.2) is 14.8 Å². The van der Waals surface area contributed by atoms with E-state index in [2.05, 4.69) is 9.46 Å². The Hall–Kier alpha value is -1.48. The van der Waals surface area contributed by atoms with Crippen LogP contribution in [0.25, 0.3) is 0 Å². The Kier molecular flexibility index (Phi) is 7.22. The number of nitrogens with one attached hydrogen (secondary N) is 1. The quantitative estimate of drug-likeness (QED) is 0.512. The van der Waals surface area contributed by atoms with Crippen LogP contribution in [0.2, 0.25) is 10.0 Å². The molecule has 0 unspecified atom stereocenters. The van der Waals surface area contributed by atoms with E-state index < -0.39 is 28.2 Å². The summed E-state index contributed by atoms with van der Waals surface area (Å²) >= 11 is 12.2. The third-order valence-electron chi connectivity index (χ3n) is 5.01. The smallest absolute Gasteiger partial charge is 0.406 e. The fourth-order valence-corrected chi connectivity index (χ4v) is 5.55. The van der Waals surface area contributed by atoms with E-state index in [1.165, 1.54) is 0 Å². The van der Waals surface area contributed by atoms with Crippen LogP contribution in [0.15, 0.2) is 47.4 Å². The van der Waals surface area contributed by atoms with E-state index >= 15 is 0 Å². The molecule has 0 heterocycles. The second-order valence-corrected chi connectivity index (χ2v) is 9.81. The maximum absolute atomic E-state index is 13.0. The lowest BCUT2D eigenvalue weighted by atomic mass is 9.81. The topological polar surface area (TPSA) is 55.4 Å². The van der Waals surface area contributed by atoms with E-state index in [-0.39, 0.29) is 10.8 Å². The maximum atomic E-state index is 13.0. The molecule has 10 heteroatoms. The van der Waals surface area contributed by atoms with Crippen molar-refractivity contribution in [3.63, 3.8) is 0 Å². The van der Waals surface area contributed by atoms with Crippen molar-refractivity contribution in [2.24, 2.45) is 5.92 Å². The van der Waals surface area contributed by atoms with Crippen molar-refractivity contribution in [3.8, 4) is 5.75 Å². The summed E-state index contributed by atoms with van der Waals surface area (Å²) in [7, 11) is -4.02. The van der Waals surface area contributed by atoms with Crippen molar-refractivity contribution in [2.45, 2.75) is 49.4 Å². The van der Waals surface area contributed by atoms with Gasteiger partial charge in [0.05, 0.1) is 4.90 Å². The van der Waals surface area contributed by atoms with E-state index in [1.807, 2.05) is 0 Å². The summed E-state index contributed by atoms with van der Waals surface area (Å²) < 4.78 is 69.5. The number of rotatable bonds is 6. The fourth-order valence-electron chi connectivity index (χ4n) is 3.71. The van der Waals surface area contributed by atoms with Crippen molar-refractivity contribution < 1.29 is 26.3 Å². The van der Waals surface area contributed by atoms with Gasteiger partial charge in [0.15, 0.2) is 0 Å². The van der Waals surface area contributed by atoms with Crippen molar-refractivity contribution in [2.75, 3.05) is 0 Å². The molecule has 30 heavy (non-hydrogen) atoms. The van der Waals surface area contributed by atoms with Crippen LogP contribution in [-0.2, 0) is 10.0 Å². The highest BCUT2D eigenvalue weighted by Crippen LogP contribution is 2.37. The second-order valence-electron chi connectivity index (χ2n) is 7.22. The molecule has 2 aromatic carbocycles. The highest BCUT2D eigenvalue weighted by atomic mass is 35.5. The van der Waals surface area contributed by atoms with Crippen molar-refractivity contribution in [1.29, 1.82) is 0 Å². The van der Waals surface area contributed by atoms with Gasteiger partial charge in [-0.15, -0.1) is 13.2 Å². The summed E-state index contributed by atoms with van der Waals surface area (Å²) in [6.45, 7) is 0. The first-order valence-corrected chi connectivity index (χ1v) is 11.6. The van der Waals surface area contributed by atoms with Crippen molar-refractivity contribution in [1.82, 2.24) is 4.72 Å². The maximum Gasteiger partial charge on any atom is 0.573 e. The van der Waals surface area contributed by atoms with E-state index in [9.17, 15) is 21.6 Å². The Bertz CT molecular complexity index is 956. The number of halogens is 5. The second kappa shape index (κ2) is 9.34. The number of benzene rings is 2. The van der Waals surface area contributed by atoms with Gasteiger partial charge in [-0.2, -0.15) is 0 Å². The molecule has 0 saturated heterocycles. The standard InChI is InChI=1S/C20H20Cl2F3NO3S/c21-15-10-14(11-16(22)12-15)19(13-4-2-1-3-5-13)26-30(27,28)18-8-6-17(7-9-18)29-20(23,24)25/h6-13,19,26H,1-5H2/t19-/m0/s1. The highest BCUT2D eigenvalue weighted by molar-refractivity contribution is 7.89. The third kappa shape index (κ3) is 6.26. The van der Waals surface area contributed by atoms with E-state index in [0.717, 1.165) is 56.4 Å². The molecule has 1 N–H and O–H groups in total. The minimum absolute atomic E-state index is 0.0518. The van der Waals surface area contributed by atoms with Crippen LogP contribution < -0.4 is 9.46 Å². The molecule has 0 aromatic heterocycles. The molecule has 2 aromatic rings. The average molecular weight is 482 g/mol. The Morgan fingerprint density at radius 1 is 0.967 bits per heavy atom. The van der Waals surface area contributed by atoms with Gasteiger partial charge in [-0.1, -0.05) is 42.5 Å². The molecular formula is C20H20Cl2F3NO3S. The highest BCUT2D eigenvalue weighted by Gasteiger charge is 2.32. The van der Waals surface area contributed by atoms with Gasteiger partial charge in [-0.25, -0.2) is 13.1 Å². The summed E-state index contributed by atoms with van der Waals surface area (Å²) in [4.78, 5) is -0.161. The third-order valence-corrected chi connectivity index (χ3v) is 6.91. The molecule has 0 radical (unpaired) electrons. The van der Waals surface area contributed by atoms with Gasteiger partial charge in [0.2, 0.25) is 10.0 Å². The first kappa shape index (κ1) is 23.2. The molecule has 0 spiro atoms. The minimum atomic E-state index is -4.85. The Morgan fingerprint density at radius 2 is 1.53 bits per heavy atom. The Labute approximate surface area is 183 Å². The normalized spacial score (nSPS) is 17.0. The van der Waals surface area contributed by atoms with E-state index in [4.69, 9.17) is 23.2 Å². The summed E-state index contributed by atoms with van der Waals surface area (Å²) in [5, 5.41) is 0.789. The molecule has 1 fully saturated rings. The van der Waals surface area contributed by atoms with Crippen LogP contribution in [0.3, 0.4) is 0 Å². The van der Waals surface area contributed by atoms with Crippen LogP contribution >= 0.6 is 23.2 Å². The number of alkyl halides is 3. The van der Waals surface area contributed by atoms with Crippen molar-refractivity contribution >= 4 is 33.2 Å². The number of sulfonamides is 1. The van der Waals surface area contributed by atoms with Gasteiger partial charge < -0.3 is 4.74 Å². The summed E-state index contributed by atoms with van der Waals surface area (Å²) in [6.07, 6.45) is -0.101. The monoisotopic (exact) mass is 481 g/mol. The van der Waals surface area contributed by atoms with Gasteiger partial charge in [-0.3, -0.25) is 0 Å². The van der Waals surface area contributed by atoms with Gasteiger partial charge in [0, 0.05) is 16.1 Å². The zero-order valence-electron chi connectivity index (χ0n) is 15.8. The number of hydrogen-bond donors (Lipinski definition) is 1. The molecule has 1 saturated carbocycles. The van der Waals surface area contributed by atoms with Gasteiger partial charge in [-0.05, 0) is 66.8 Å². The Balaban J connectivity index is 1.88. The lowest BCUT2D eigenvalue weighted by molar-refractivity contribution is -0.274. The van der Waals surface area contributed by atoms with Crippen LogP contribution in [0.5, 0.6) is 5.75 Å². The molecule has 1 aliphatic rings. The molecule has 164 valence electrons. The Morgan fingerprint density at radius 3 is 2.07 bits per heavy atom. The van der Waals surface area contributed by atoms with Crippen LogP contribution in [0.1, 0.15) is 43.7 Å². The molecule has 3 rings (SSSR count). The molecule has 0 amide bonds. The fraction of sp³-hybridized carbons (Fsp3) is 0.400. The minimum Gasteiger partial charge on any atom is -0.406 e. The largest absolute Gasteiger partial charge is 0.573 e. The SMILES string of the molecule is O=S(=O)(N[C@H](c1cc(Cl)cc(Cl)c1)C1CCCCC1)c1ccc(OC(F)(F)F)cc1. The summed E-state index contributed by atoms with van der Waals surface area (Å²) in [5.74, 6) is -0.442. The van der Waals surface area contributed by atoms with Crippen LogP contribution in [0, 0.1) is 5.92 Å². The first-order valence-electron chi connectivity index (χ1n) is 9.38. The number of ether oxygens (including phenoxy) is 1. The lowest BCUT2D eigenvalue weighted by Gasteiger charge is -2.31. The molecule has 0 aliphatic heterocycles. The first-order chi connectivity index (χ1) is 14.0. The molecule has 4 nitrogen and oxygen atoms in total.